The van der Waals surface area contributed by atoms with Crippen LogP contribution in [0.25, 0.3) is 0 Å². The molecule has 5 atom stereocenters. The van der Waals surface area contributed by atoms with E-state index in [9.17, 15) is 14.7 Å². The van der Waals surface area contributed by atoms with Gasteiger partial charge in [0.2, 0.25) is 0 Å². The molecule has 2 heterocycles. The van der Waals surface area contributed by atoms with Crippen molar-refractivity contribution in [2.75, 3.05) is 13.6 Å². The maximum Gasteiger partial charge on any atom is 0.311 e. The smallest absolute Gasteiger partial charge is 0.311 e. The number of carbonyl (C=O) groups excluding carboxylic acids is 2. The molecule has 0 aromatic heterocycles. The van der Waals surface area contributed by atoms with Crippen molar-refractivity contribution in [2.24, 2.45) is 5.92 Å². The largest absolute Gasteiger partial charge is 0.482 e. The first kappa shape index (κ1) is 21.5. The Hall–Kier alpha value is -2.38. The summed E-state index contributed by atoms with van der Waals surface area (Å²) in [5, 5.41) is 10.8. The van der Waals surface area contributed by atoms with E-state index in [1.54, 1.807) is 26.8 Å². The topological polar surface area (TPSA) is 85.3 Å². The van der Waals surface area contributed by atoms with Gasteiger partial charge in [-0.1, -0.05) is 18.2 Å². The molecular formula is C25H31NO6. The third-order valence-electron chi connectivity index (χ3n) is 7.31. The fourth-order valence-corrected chi connectivity index (χ4v) is 6.08. The van der Waals surface area contributed by atoms with Gasteiger partial charge in [-0.15, -0.1) is 0 Å². The first-order valence-electron chi connectivity index (χ1n) is 11.4. The van der Waals surface area contributed by atoms with E-state index in [4.69, 9.17) is 14.2 Å². The SMILES string of the molecule is CN1CC[C@]23c4c5ccc(OC(=O)CCC(=O)OC(C)(C)C)c4O[C@H]2[C@@H](O)C=C[C@H]3[C@H]1C5. The molecule has 1 spiro atoms. The quantitative estimate of drug-likeness (QED) is 0.437. The molecule has 1 aromatic carbocycles. The number of hydrogen-bond acceptors (Lipinski definition) is 7. The minimum atomic E-state index is -0.704. The molecule has 2 aliphatic heterocycles. The first-order valence-corrected chi connectivity index (χ1v) is 11.4. The molecule has 32 heavy (non-hydrogen) atoms. The standard InChI is InChI=1S/C25H31NO6/c1-24(2,3)32-20(29)10-9-19(28)30-18-8-5-14-13-16-15-6-7-17(27)23-25(15,11-12-26(16)4)21(14)22(18)31-23/h5-8,15-17,23,27H,9-13H2,1-4H3/t15-,16+,17-,23-,25-/m0/s1. The molecule has 2 bridgehead atoms. The van der Waals surface area contributed by atoms with E-state index in [0.29, 0.717) is 17.5 Å². The van der Waals surface area contributed by atoms with Crippen molar-refractivity contribution in [1.29, 1.82) is 0 Å². The molecule has 0 unspecified atom stereocenters. The third-order valence-corrected chi connectivity index (χ3v) is 7.31. The van der Waals surface area contributed by atoms with Crippen LogP contribution in [0.5, 0.6) is 11.5 Å². The minimum absolute atomic E-state index is 0.0392. The molecule has 0 radical (unpaired) electrons. The summed E-state index contributed by atoms with van der Waals surface area (Å²) in [6.45, 7) is 6.30. The van der Waals surface area contributed by atoms with E-state index in [-0.39, 0.29) is 30.3 Å². The molecule has 1 fully saturated rings. The number of ether oxygens (including phenoxy) is 3. The van der Waals surface area contributed by atoms with Gasteiger partial charge in [-0.25, -0.2) is 0 Å². The van der Waals surface area contributed by atoms with Gasteiger partial charge in [0.25, 0.3) is 0 Å². The average Bonchev–Trinajstić information content (AvgIpc) is 3.06. The highest BCUT2D eigenvalue weighted by Gasteiger charge is 2.64. The molecule has 0 amide bonds. The van der Waals surface area contributed by atoms with Crippen LogP contribution in [0.15, 0.2) is 24.3 Å². The van der Waals surface area contributed by atoms with Crippen molar-refractivity contribution >= 4 is 11.9 Å². The highest BCUT2D eigenvalue weighted by atomic mass is 16.6. The Morgan fingerprint density at radius 2 is 1.97 bits per heavy atom. The Bertz CT molecular complexity index is 995. The number of aliphatic hydroxyl groups excluding tert-OH is 1. The Labute approximate surface area is 188 Å². The summed E-state index contributed by atoms with van der Waals surface area (Å²) in [4.78, 5) is 26.9. The number of benzene rings is 1. The summed E-state index contributed by atoms with van der Waals surface area (Å²) in [6, 6.07) is 4.17. The lowest BCUT2D eigenvalue weighted by molar-refractivity contribution is -0.156. The maximum absolute atomic E-state index is 12.5. The number of likely N-dealkylation sites (N-methyl/N-ethyl adjacent to an activating group) is 1. The molecule has 1 aromatic rings. The summed E-state index contributed by atoms with van der Waals surface area (Å²) in [5.74, 6) is 0.260. The summed E-state index contributed by atoms with van der Waals surface area (Å²) in [5.41, 5.74) is 1.41. The monoisotopic (exact) mass is 441 g/mol. The molecule has 5 rings (SSSR count). The normalized spacial score (nSPS) is 32.2. The second-order valence-corrected chi connectivity index (χ2v) is 10.5. The van der Waals surface area contributed by atoms with Crippen molar-refractivity contribution in [2.45, 2.75) is 75.7 Å². The number of hydrogen-bond donors (Lipinski definition) is 1. The van der Waals surface area contributed by atoms with E-state index in [1.165, 1.54) is 5.56 Å². The Morgan fingerprint density at radius 3 is 2.72 bits per heavy atom. The number of piperidine rings is 1. The van der Waals surface area contributed by atoms with Crippen LogP contribution in [0.2, 0.25) is 0 Å². The van der Waals surface area contributed by atoms with Crippen molar-refractivity contribution in [3.8, 4) is 11.5 Å². The zero-order chi connectivity index (χ0) is 22.8. The van der Waals surface area contributed by atoms with Gasteiger partial charge in [-0.3, -0.25) is 9.59 Å². The zero-order valence-electron chi connectivity index (χ0n) is 19.1. The van der Waals surface area contributed by atoms with Crippen molar-refractivity contribution in [1.82, 2.24) is 4.90 Å². The minimum Gasteiger partial charge on any atom is -0.482 e. The second kappa shape index (κ2) is 7.32. The highest BCUT2D eigenvalue weighted by molar-refractivity contribution is 5.80. The molecule has 4 aliphatic rings. The molecular weight excluding hydrogens is 410 g/mol. The number of nitrogens with zero attached hydrogens (tertiary/aromatic N) is 1. The van der Waals surface area contributed by atoms with Crippen LogP contribution >= 0.6 is 0 Å². The second-order valence-electron chi connectivity index (χ2n) is 10.5. The molecule has 172 valence electrons. The first-order chi connectivity index (χ1) is 15.1. The van der Waals surface area contributed by atoms with Crippen LogP contribution in [0.4, 0.5) is 0 Å². The van der Waals surface area contributed by atoms with E-state index in [0.717, 1.165) is 24.9 Å². The molecule has 1 N–H and O–H groups in total. The molecule has 7 heteroatoms. The van der Waals surface area contributed by atoms with Gasteiger partial charge in [0.15, 0.2) is 11.5 Å². The van der Waals surface area contributed by atoms with E-state index in [1.807, 2.05) is 12.1 Å². The van der Waals surface area contributed by atoms with Crippen LogP contribution in [0, 0.1) is 5.92 Å². The fourth-order valence-electron chi connectivity index (χ4n) is 6.08. The van der Waals surface area contributed by atoms with E-state index < -0.39 is 23.6 Å². The number of aliphatic hydroxyl groups is 1. The predicted octanol–water partition coefficient (Wildman–Crippen LogP) is 2.52. The summed E-state index contributed by atoms with van der Waals surface area (Å²) < 4.78 is 17.3. The number of rotatable bonds is 4. The lowest BCUT2D eigenvalue weighted by atomic mass is 9.53. The van der Waals surface area contributed by atoms with Gasteiger partial charge < -0.3 is 24.2 Å². The summed E-state index contributed by atoms with van der Waals surface area (Å²) in [6.07, 6.45) is 4.59. The Kier molecular flexibility index (Phi) is 4.91. The van der Waals surface area contributed by atoms with Gasteiger partial charge in [-0.2, -0.15) is 0 Å². The van der Waals surface area contributed by atoms with Crippen LogP contribution in [-0.2, 0) is 26.2 Å². The number of likely N-dealkylation sites (tertiary alicyclic amines) is 1. The Morgan fingerprint density at radius 1 is 1.22 bits per heavy atom. The highest BCUT2D eigenvalue weighted by Crippen LogP contribution is 2.62. The molecule has 0 saturated carbocycles. The van der Waals surface area contributed by atoms with Gasteiger partial charge in [-0.05, 0) is 58.8 Å². The lowest BCUT2D eigenvalue weighted by Crippen LogP contribution is -2.64. The Balaban J connectivity index is 1.41. The average molecular weight is 442 g/mol. The fraction of sp³-hybridized carbons (Fsp3) is 0.600. The van der Waals surface area contributed by atoms with E-state index >= 15 is 0 Å². The van der Waals surface area contributed by atoms with Gasteiger partial charge in [0, 0.05) is 22.9 Å². The van der Waals surface area contributed by atoms with Crippen molar-refractivity contribution < 1.29 is 28.9 Å². The van der Waals surface area contributed by atoms with Crippen molar-refractivity contribution in [3.05, 3.63) is 35.4 Å². The summed E-state index contributed by atoms with van der Waals surface area (Å²) in [7, 11) is 2.16. The van der Waals surface area contributed by atoms with Crippen LogP contribution in [0.3, 0.4) is 0 Å². The number of carbonyl (C=O) groups is 2. The third kappa shape index (κ3) is 3.25. The summed E-state index contributed by atoms with van der Waals surface area (Å²) >= 11 is 0. The van der Waals surface area contributed by atoms with Crippen LogP contribution < -0.4 is 9.47 Å². The van der Waals surface area contributed by atoms with E-state index in [2.05, 4.69) is 18.0 Å². The van der Waals surface area contributed by atoms with Gasteiger partial charge >= 0.3 is 11.9 Å². The lowest BCUT2D eigenvalue weighted by Gasteiger charge is -2.56. The predicted molar refractivity (Wildman–Crippen MR) is 117 cm³/mol. The van der Waals surface area contributed by atoms with Gasteiger partial charge in [0.1, 0.15) is 17.8 Å². The van der Waals surface area contributed by atoms with Crippen molar-refractivity contribution in [3.63, 3.8) is 0 Å². The maximum atomic E-state index is 12.5. The number of esters is 2. The molecule has 1 saturated heterocycles. The van der Waals surface area contributed by atoms with Crippen LogP contribution in [-0.4, -0.2) is 59.4 Å². The van der Waals surface area contributed by atoms with Gasteiger partial charge in [0.05, 0.1) is 12.8 Å². The van der Waals surface area contributed by atoms with Crippen LogP contribution in [0.1, 0.15) is 51.2 Å². The molecule has 2 aliphatic carbocycles. The zero-order valence-corrected chi connectivity index (χ0v) is 19.1. The molecule has 7 nitrogen and oxygen atoms in total.